The fraction of sp³-hybridized carbons (Fsp3) is 0.812. The molecule has 0 amide bonds. The van der Waals surface area contributed by atoms with Gasteiger partial charge in [-0.25, -0.2) is 4.79 Å². The van der Waals surface area contributed by atoms with Crippen LogP contribution in [0.25, 0.3) is 0 Å². The summed E-state index contributed by atoms with van der Waals surface area (Å²) in [5.41, 5.74) is -0.908. The second kappa shape index (κ2) is 8.36. The van der Waals surface area contributed by atoms with Crippen molar-refractivity contribution in [2.75, 3.05) is 6.61 Å². The van der Waals surface area contributed by atoms with Crippen molar-refractivity contribution in [3.05, 3.63) is 12.2 Å². The highest BCUT2D eigenvalue weighted by Crippen LogP contribution is 2.39. The molecule has 110 valence electrons. The summed E-state index contributed by atoms with van der Waals surface area (Å²) < 4.78 is 5.28. The molecular formula is C16H28O3. The van der Waals surface area contributed by atoms with Gasteiger partial charge in [-0.05, 0) is 12.8 Å². The molecule has 3 nitrogen and oxygen atoms in total. The number of carbonyl (C=O) groups is 1. The van der Waals surface area contributed by atoms with Gasteiger partial charge in [0.25, 0.3) is 0 Å². The molecule has 0 saturated carbocycles. The first-order chi connectivity index (χ1) is 9.17. The smallest absolute Gasteiger partial charge is 0.339 e. The highest BCUT2D eigenvalue weighted by molar-refractivity contribution is 5.81. The molecule has 1 heterocycles. The molecule has 0 spiro atoms. The lowest BCUT2D eigenvalue weighted by Crippen LogP contribution is -2.32. The van der Waals surface area contributed by atoms with Gasteiger partial charge in [0.2, 0.25) is 0 Å². The maximum absolute atomic E-state index is 11.3. The van der Waals surface area contributed by atoms with E-state index in [0.29, 0.717) is 6.61 Å². The van der Waals surface area contributed by atoms with E-state index in [1.807, 2.05) is 0 Å². The van der Waals surface area contributed by atoms with Gasteiger partial charge in [-0.1, -0.05) is 64.5 Å². The lowest BCUT2D eigenvalue weighted by Gasteiger charge is -2.17. The minimum absolute atomic E-state index is 0.0405. The summed E-state index contributed by atoms with van der Waals surface area (Å²) in [5.74, 6) is -0.758. The minimum Gasteiger partial charge on any atom is -0.479 e. The van der Waals surface area contributed by atoms with Crippen molar-refractivity contribution < 1.29 is 14.6 Å². The average Bonchev–Trinajstić information content (AvgIpc) is 3.18. The molecule has 1 aliphatic heterocycles. The van der Waals surface area contributed by atoms with Crippen LogP contribution in [0.5, 0.6) is 0 Å². The highest BCUT2D eigenvalue weighted by Gasteiger charge is 2.57. The Balaban J connectivity index is 2.48. The zero-order valence-corrected chi connectivity index (χ0v) is 12.4. The van der Waals surface area contributed by atoms with Crippen LogP contribution in [0.15, 0.2) is 12.2 Å². The SMILES string of the molecule is CCCC/C=C\C(CCCCCC)C1(C(=O)O)CO1. The normalized spacial score (nSPS) is 23.7. The predicted molar refractivity (Wildman–Crippen MR) is 77.2 cm³/mol. The number of hydrogen-bond donors (Lipinski definition) is 1. The summed E-state index contributed by atoms with van der Waals surface area (Å²) in [4.78, 5) is 11.3. The summed E-state index contributed by atoms with van der Waals surface area (Å²) in [5, 5.41) is 9.32. The maximum atomic E-state index is 11.3. The lowest BCUT2D eigenvalue weighted by atomic mass is 9.87. The molecule has 1 saturated heterocycles. The molecule has 0 aliphatic carbocycles. The Morgan fingerprint density at radius 1 is 1.26 bits per heavy atom. The van der Waals surface area contributed by atoms with Crippen molar-refractivity contribution in [2.24, 2.45) is 5.92 Å². The molecule has 0 radical (unpaired) electrons. The van der Waals surface area contributed by atoms with Gasteiger partial charge < -0.3 is 9.84 Å². The van der Waals surface area contributed by atoms with Crippen LogP contribution < -0.4 is 0 Å². The second-order valence-corrected chi connectivity index (χ2v) is 5.51. The van der Waals surface area contributed by atoms with Crippen LogP contribution in [0.2, 0.25) is 0 Å². The van der Waals surface area contributed by atoms with E-state index in [9.17, 15) is 9.90 Å². The number of carboxylic acid groups (broad SMARTS) is 1. The van der Waals surface area contributed by atoms with Gasteiger partial charge in [0.05, 0.1) is 6.61 Å². The van der Waals surface area contributed by atoms with Crippen molar-refractivity contribution in [2.45, 2.75) is 70.8 Å². The summed E-state index contributed by atoms with van der Waals surface area (Å²) in [7, 11) is 0. The molecule has 1 aliphatic rings. The van der Waals surface area contributed by atoms with Crippen LogP contribution in [0.1, 0.15) is 65.2 Å². The molecule has 1 N–H and O–H groups in total. The van der Waals surface area contributed by atoms with E-state index >= 15 is 0 Å². The third kappa shape index (κ3) is 4.98. The Kier molecular flexibility index (Phi) is 7.14. The Morgan fingerprint density at radius 3 is 2.47 bits per heavy atom. The van der Waals surface area contributed by atoms with Crippen molar-refractivity contribution in [3.63, 3.8) is 0 Å². The van der Waals surface area contributed by atoms with E-state index in [4.69, 9.17) is 4.74 Å². The zero-order valence-electron chi connectivity index (χ0n) is 12.4. The van der Waals surface area contributed by atoms with Gasteiger partial charge >= 0.3 is 5.97 Å². The highest BCUT2D eigenvalue weighted by atomic mass is 16.6. The molecule has 0 aromatic heterocycles. The van der Waals surface area contributed by atoms with E-state index < -0.39 is 11.6 Å². The zero-order chi connectivity index (χ0) is 14.1. The number of unbranched alkanes of at least 4 members (excludes halogenated alkanes) is 5. The monoisotopic (exact) mass is 268 g/mol. The molecular weight excluding hydrogens is 240 g/mol. The summed E-state index contributed by atoms with van der Waals surface area (Å²) in [6.07, 6.45) is 13.2. The summed E-state index contributed by atoms with van der Waals surface area (Å²) in [6, 6.07) is 0. The fourth-order valence-electron chi connectivity index (χ4n) is 2.43. The number of allylic oxidation sites excluding steroid dienone is 1. The Labute approximate surface area is 117 Å². The van der Waals surface area contributed by atoms with E-state index in [2.05, 4.69) is 26.0 Å². The predicted octanol–water partition coefficient (Wildman–Crippen LogP) is 4.17. The topological polar surface area (TPSA) is 49.8 Å². The first kappa shape index (κ1) is 16.2. The fourth-order valence-corrected chi connectivity index (χ4v) is 2.43. The standard InChI is InChI=1S/C16H28O3/c1-3-5-7-9-11-14(12-10-8-6-4-2)16(13-19-16)15(17)18/h9,11,14H,3-8,10,12-13H2,1-2H3,(H,17,18)/b11-9-. The molecule has 3 heteroatoms. The van der Waals surface area contributed by atoms with Crippen LogP contribution in [0.4, 0.5) is 0 Å². The molecule has 2 unspecified atom stereocenters. The number of ether oxygens (including phenoxy) is 1. The van der Waals surface area contributed by atoms with Gasteiger partial charge in [0.1, 0.15) is 0 Å². The second-order valence-electron chi connectivity index (χ2n) is 5.51. The van der Waals surface area contributed by atoms with Crippen LogP contribution >= 0.6 is 0 Å². The van der Waals surface area contributed by atoms with Crippen molar-refractivity contribution in [1.29, 1.82) is 0 Å². The molecule has 1 rings (SSSR count). The number of rotatable bonds is 11. The molecule has 1 fully saturated rings. The molecule has 0 aromatic rings. The van der Waals surface area contributed by atoms with Crippen molar-refractivity contribution in [3.8, 4) is 0 Å². The molecule has 2 atom stereocenters. The number of aliphatic carboxylic acids is 1. The molecule has 0 aromatic carbocycles. The van der Waals surface area contributed by atoms with Crippen molar-refractivity contribution in [1.82, 2.24) is 0 Å². The number of epoxide rings is 1. The largest absolute Gasteiger partial charge is 0.479 e. The molecule has 0 bridgehead atoms. The van der Waals surface area contributed by atoms with Gasteiger partial charge in [0.15, 0.2) is 5.60 Å². The molecule has 19 heavy (non-hydrogen) atoms. The van der Waals surface area contributed by atoms with Gasteiger partial charge in [-0.15, -0.1) is 0 Å². The van der Waals surface area contributed by atoms with E-state index in [-0.39, 0.29) is 5.92 Å². The number of hydrogen-bond acceptors (Lipinski definition) is 2. The van der Waals surface area contributed by atoms with Crippen LogP contribution in [-0.4, -0.2) is 23.3 Å². The van der Waals surface area contributed by atoms with Gasteiger partial charge in [-0.3, -0.25) is 0 Å². The summed E-state index contributed by atoms with van der Waals surface area (Å²) >= 11 is 0. The third-order valence-electron chi connectivity index (χ3n) is 3.88. The minimum atomic E-state index is -0.908. The van der Waals surface area contributed by atoms with E-state index in [0.717, 1.165) is 19.3 Å². The maximum Gasteiger partial charge on any atom is 0.339 e. The van der Waals surface area contributed by atoms with E-state index in [1.54, 1.807) is 0 Å². The lowest BCUT2D eigenvalue weighted by molar-refractivity contribution is -0.144. The van der Waals surface area contributed by atoms with Crippen LogP contribution in [-0.2, 0) is 9.53 Å². The van der Waals surface area contributed by atoms with Gasteiger partial charge in [-0.2, -0.15) is 0 Å². The van der Waals surface area contributed by atoms with Gasteiger partial charge in [0, 0.05) is 5.92 Å². The summed E-state index contributed by atoms with van der Waals surface area (Å²) in [6.45, 7) is 4.72. The van der Waals surface area contributed by atoms with Crippen LogP contribution in [0, 0.1) is 5.92 Å². The van der Waals surface area contributed by atoms with Crippen molar-refractivity contribution >= 4 is 5.97 Å². The Bertz CT molecular complexity index is 292. The number of carboxylic acids is 1. The first-order valence-electron chi connectivity index (χ1n) is 7.71. The quantitative estimate of drug-likeness (QED) is 0.347. The van der Waals surface area contributed by atoms with Crippen LogP contribution in [0.3, 0.4) is 0 Å². The average molecular weight is 268 g/mol. The Morgan fingerprint density at radius 2 is 1.95 bits per heavy atom. The third-order valence-corrected chi connectivity index (χ3v) is 3.88. The Hall–Kier alpha value is -0.830. The van der Waals surface area contributed by atoms with E-state index in [1.165, 1.54) is 32.1 Å². The first-order valence-corrected chi connectivity index (χ1v) is 7.71.